The summed E-state index contributed by atoms with van der Waals surface area (Å²) in [7, 11) is 0. The summed E-state index contributed by atoms with van der Waals surface area (Å²) in [6, 6.07) is 0. The molecule has 1 saturated heterocycles. The van der Waals surface area contributed by atoms with Crippen molar-refractivity contribution in [1.29, 1.82) is 0 Å². The molecule has 2 N–H and O–H groups in total. The van der Waals surface area contributed by atoms with Crippen LogP contribution in [0, 0.1) is 6.92 Å². The van der Waals surface area contributed by atoms with E-state index in [0.717, 1.165) is 54.1 Å². The maximum atomic E-state index is 5.85. The molecular weight excluding hydrogens is 294 g/mol. The summed E-state index contributed by atoms with van der Waals surface area (Å²) in [6.45, 7) is 6.83. The molecule has 0 atom stereocenters. The zero-order valence-electron chi connectivity index (χ0n) is 10.9. The van der Waals surface area contributed by atoms with Gasteiger partial charge >= 0.3 is 0 Å². The Labute approximate surface area is 117 Å². The molecule has 1 aliphatic heterocycles. The summed E-state index contributed by atoms with van der Waals surface area (Å²) in [5.74, 6) is 0.997. The van der Waals surface area contributed by atoms with E-state index in [0.29, 0.717) is 6.10 Å². The molecule has 0 spiro atoms. The summed E-state index contributed by atoms with van der Waals surface area (Å²) in [5, 5.41) is 0. The second-order valence-electron chi connectivity index (χ2n) is 4.62. The second-order valence-corrected chi connectivity index (χ2v) is 5.41. The van der Waals surface area contributed by atoms with Crippen molar-refractivity contribution >= 4 is 27.4 Å². The largest absolute Gasteiger partial charge is 0.397 e. The lowest BCUT2D eigenvalue weighted by Gasteiger charge is -2.33. The zero-order valence-corrected chi connectivity index (χ0v) is 12.5. The third-order valence-electron chi connectivity index (χ3n) is 3.43. The number of hydrogen-bond acceptors (Lipinski definition) is 4. The van der Waals surface area contributed by atoms with Crippen molar-refractivity contribution in [1.82, 2.24) is 4.98 Å². The van der Waals surface area contributed by atoms with E-state index in [1.807, 2.05) is 13.8 Å². The van der Waals surface area contributed by atoms with E-state index in [2.05, 4.69) is 25.8 Å². The van der Waals surface area contributed by atoms with Gasteiger partial charge in [-0.2, -0.15) is 0 Å². The van der Waals surface area contributed by atoms with E-state index in [1.54, 1.807) is 6.20 Å². The molecule has 0 aromatic carbocycles. The van der Waals surface area contributed by atoms with Gasteiger partial charge in [0, 0.05) is 19.7 Å². The van der Waals surface area contributed by atoms with Gasteiger partial charge in [-0.1, -0.05) is 0 Å². The molecular formula is C13H20BrN3O. The van der Waals surface area contributed by atoms with Gasteiger partial charge in [0.05, 0.1) is 22.5 Å². The second kappa shape index (κ2) is 5.89. The molecule has 4 nitrogen and oxygen atoms in total. The molecule has 0 radical (unpaired) electrons. The summed E-state index contributed by atoms with van der Waals surface area (Å²) < 4.78 is 6.67. The molecule has 2 heterocycles. The summed E-state index contributed by atoms with van der Waals surface area (Å²) >= 11 is 3.60. The van der Waals surface area contributed by atoms with Gasteiger partial charge in [0.2, 0.25) is 0 Å². The molecule has 18 heavy (non-hydrogen) atoms. The first-order valence-electron chi connectivity index (χ1n) is 6.40. The predicted molar refractivity (Wildman–Crippen MR) is 77.9 cm³/mol. The standard InChI is InChI=1S/C13H20BrN3O/c1-3-18-10-4-6-17(7-5-10)13-12(14)9(2)11(15)8-16-13/h8,10H,3-7,15H2,1-2H3. The third kappa shape index (κ3) is 2.78. The van der Waals surface area contributed by atoms with Crippen LogP contribution in [0.15, 0.2) is 10.7 Å². The maximum absolute atomic E-state index is 5.85. The van der Waals surface area contributed by atoms with Crippen molar-refractivity contribution < 1.29 is 4.74 Å². The zero-order chi connectivity index (χ0) is 13.1. The molecule has 1 aliphatic rings. The first-order chi connectivity index (χ1) is 8.63. The highest BCUT2D eigenvalue weighted by molar-refractivity contribution is 9.10. The van der Waals surface area contributed by atoms with Crippen LogP contribution < -0.4 is 10.6 Å². The molecule has 2 rings (SSSR count). The summed E-state index contributed by atoms with van der Waals surface area (Å²) in [6.07, 6.45) is 4.26. The SMILES string of the molecule is CCOC1CCN(c2ncc(N)c(C)c2Br)CC1. The Morgan fingerprint density at radius 2 is 2.17 bits per heavy atom. The molecule has 0 aliphatic carbocycles. The van der Waals surface area contributed by atoms with Crippen LogP contribution in [0.25, 0.3) is 0 Å². The van der Waals surface area contributed by atoms with Gasteiger partial charge in [-0.25, -0.2) is 4.98 Å². The fraction of sp³-hybridized carbons (Fsp3) is 0.615. The number of nitrogens with zero attached hydrogens (tertiary/aromatic N) is 2. The number of aromatic nitrogens is 1. The van der Waals surface area contributed by atoms with Gasteiger partial charge in [0.25, 0.3) is 0 Å². The van der Waals surface area contributed by atoms with Gasteiger partial charge in [-0.3, -0.25) is 0 Å². The van der Waals surface area contributed by atoms with Crippen LogP contribution in [0.3, 0.4) is 0 Å². The number of hydrogen-bond donors (Lipinski definition) is 1. The van der Waals surface area contributed by atoms with Crippen LogP contribution in [0.2, 0.25) is 0 Å². The topological polar surface area (TPSA) is 51.4 Å². The number of piperidine rings is 1. The minimum atomic E-state index is 0.403. The number of rotatable bonds is 3. The van der Waals surface area contributed by atoms with Crippen LogP contribution in [0.1, 0.15) is 25.3 Å². The van der Waals surface area contributed by atoms with E-state index in [9.17, 15) is 0 Å². The Hall–Kier alpha value is -0.810. The lowest BCUT2D eigenvalue weighted by molar-refractivity contribution is 0.0458. The highest BCUT2D eigenvalue weighted by atomic mass is 79.9. The maximum Gasteiger partial charge on any atom is 0.143 e. The molecule has 0 bridgehead atoms. The molecule has 1 aromatic rings. The number of halogens is 1. The molecule has 1 fully saturated rings. The first-order valence-corrected chi connectivity index (χ1v) is 7.20. The third-order valence-corrected chi connectivity index (χ3v) is 4.38. The first kappa shape index (κ1) is 13.6. The molecule has 0 unspecified atom stereocenters. The molecule has 0 saturated carbocycles. The van der Waals surface area contributed by atoms with E-state index >= 15 is 0 Å². The number of nitrogens with two attached hydrogens (primary N) is 1. The summed E-state index contributed by atoms with van der Waals surface area (Å²) in [5.41, 5.74) is 7.64. The van der Waals surface area contributed by atoms with Crippen molar-refractivity contribution in [2.24, 2.45) is 0 Å². The highest BCUT2D eigenvalue weighted by Crippen LogP contribution is 2.32. The Balaban J connectivity index is 2.08. The average Bonchev–Trinajstić information content (AvgIpc) is 2.38. The Kier molecular flexibility index (Phi) is 4.45. The average molecular weight is 314 g/mol. The van der Waals surface area contributed by atoms with Crippen molar-refractivity contribution in [2.45, 2.75) is 32.8 Å². The van der Waals surface area contributed by atoms with Crippen LogP contribution in [-0.4, -0.2) is 30.8 Å². The fourth-order valence-corrected chi connectivity index (χ4v) is 2.85. The van der Waals surface area contributed by atoms with Crippen LogP contribution in [0.5, 0.6) is 0 Å². The van der Waals surface area contributed by atoms with Gasteiger partial charge in [0.1, 0.15) is 5.82 Å². The normalized spacial score (nSPS) is 17.2. The van der Waals surface area contributed by atoms with Gasteiger partial charge in [-0.15, -0.1) is 0 Å². The fourth-order valence-electron chi connectivity index (χ4n) is 2.27. The predicted octanol–water partition coefficient (Wildman–Crippen LogP) is 2.74. The summed E-state index contributed by atoms with van der Waals surface area (Å²) in [4.78, 5) is 6.74. The van der Waals surface area contributed by atoms with E-state index in [1.165, 1.54) is 0 Å². The van der Waals surface area contributed by atoms with Gasteiger partial charge in [-0.05, 0) is 48.2 Å². The number of pyridine rings is 1. The smallest absolute Gasteiger partial charge is 0.143 e. The van der Waals surface area contributed by atoms with Crippen LogP contribution >= 0.6 is 15.9 Å². The Morgan fingerprint density at radius 1 is 1.50 bits per heavy atom. The molecule has 100 valence electrons. The number of ether oxygens (including phenoxy) is 1. The van der Waals surface area contributed by atoms with Crippen LogP contribution in [-0.2, 0) is 4.74 Å². The van der Waals surface area contributed by atoms with E-state index in [4.69, 9.17) is 10.5 Å². The lowest BCUT2D eigenvalue weighted by atomic mass is 10.1. The molecule has 5 heteroatoms. The van der Waals surface area contributed by atoms with Gasteiger partial charge < -0.3 is 15.4 Å². The minimum Gasteiger partial charge on any atom is -0.397 e. The van der Waals surface area contributed by atoms with Crippen molar-refractivity contribution in [2.75, 3.05) is 30.3 Å². The number of nitrogen functional groups attached to an aromatic ring is 1. The molecule has 1 aromatic heterocycles. The quantitative estimate of drug-likeness (QED) is 0.932. The van der Waals surface area contributed by atoms with E-state index < -0.39 is 0 Å². The highest BCUT2D eigenvalue weighted by Gasteiger charge is 2.22. The van der Waals surface area contributed by atoms with E-state index in [-0.39, 0.29) is 0 Å². The number of anilines is 2. The van der Waals surface area contributed by atoms with Gasteiger partial charge in [0.15, 0.2) is 0 Å². The Bertz CT molecular complexity index is 417. The monoisotopic (exact) mass is 313 g/mol. The van der Waals surface area contributed by atoms with Crippen molar-refractivity contribution in [3.63, 3.8) is 0 Å². The van der Waals surface area contributed by atoms with Crippen molar-refractivity contribution in [3.8, 4) is 0 Å². The Morgan fingerprint density at radius 3 is 2.78 bits per heavy atom. The molecule has 0 amide bonds. The minimum absolute atomic E-state index is 0.403. The lowest BCUT2D eigenvalue weighted by Crippen LogP contribution is -2.37. The van der Waals surface area contributed by atoms with Crippen LogP contribution in [0.4, 0.5) is 11.5 Å². The van der Waals surface area contributed by atoms with Crippen molar-refractivity contribution in [3.05, 3.63) is 16.2 Å².